The summed E-state index contributed by atoms with van der Waals surface area (Å²) in [6.45, 7) is 3.68. The van der Waals surface area contributed by atoms with Crippen LogP contribution in [0, 0.1) is 5.92 Å². The Morgan fingerprint density at radius 3 is 2.65 bits per heavy atom. The number of carbonyl (C=O) groups excluding carboxylic acids is 1. The highest BCUT2D eigenvalue weighted by Gasteiger charge is 2.19. The molecule has 92 valence electrons. The smallest absolute Gasteiger partial charge is 0.161 e. The van der Waals surface area contributed by atoms with E-state index in [0.29, 0.717) is 11.5 Å². The summed E-state index contributed by atoms with van der Waals surface area (Å²) in [5, 5.41) is 9.07. The number of nitrogens with zero attached hydrogens (tertiary/aromatic N) is 2. The number of pyridine rings is 1. The lowest BCUT2D eigenvalue weighted by Crippen LogP contribution is -2.35. The lowest BCUT2D eigenvalue weighted by atomic mass is 9.98. The van der Waals surface area contributed by atoms with Crippen molar-refractivity contribution >= 4 is 11.6 Å². The van der Waals surface area contributed by atoms with Crippen LogP contribution in [0.5, 0.6) is 0 Å². The third kappa shape index (κ3) is 2.82. The Labute approximate surface area is 101 Å². The standard InChI is InChI=1S/C13H18N2O2/c1-10(17)12-2-3-13(14-8-12)15-6-4-11(9-16)5-7-15/h2-3,8,11,16H,4-7,9H2,1H3. The summed E-state index contributed by atoms with van der Waals surface area (Å²) in [5.74, 6) is 1.40. The largest absolute Gasteiger partial charge is 0.396 e. The minimum absolute atomic E-state index is 0.0445. The van der Waals surface area contributed by atoms with Gasteiger partial charge in [0, 0.05) is 31.5 Å². The summed E-state index contributed by atoms with van der Waals surface area (Å²) in [7, 11) is 0. The number of carbonyl (C=O) groups is 1. The molecule has 4 heteroatoms. The first-order valence-electron chi connectivity index (χ1n) is 6.03. The van der Waals surface area contributed by atoms with Gasteiger partial charge in [0.25, 0.3) is 0 Å². The van der Waals surface area contributed by atoms with Crippen molar-refractivity contribution in [2.24, 2.45) is 5.92 Å². The van der Waals surface area contributed by atoms with Gasteiger partial charge in [-0.3, -0.25) is 4.79 Å². The zero-order valence-electron chi connectivity index (χ0n) is 10.1. The molecule has 1 aromatic rings. The molecule has 17 heavy (non-hydrogen) atoms. The van der Waals surface area contributed by atoms with E-state index in [-0.39, 0.29) is 12.4 Å². The van der Waals surface area contributed by atoms with Crippen molar-refractivity contribution in [3.8, 4) is 0 Å². The highest BCUT2D eigenvalue weighted by molar-refractivity contribution is 5.93. The molecule has 0 unspecified atom stereocenters. The molecule has 1 aliphatic rings. The number of hydrogen-bond acceptors (Lipinski definition) is 4. The molecule has 4 nitrogen and oxygen atoms in total. The van der Waals surface area contributed by atoms with Crippen molar-refractivity contribution in [2.75, 3.05) is 24.6 Å². The van der Waals surface area contributed by atoms with Crippen LogP contribution in [0.3, 0.4) is 0 Å². The fraction of sp³-hybridized carbons (Fsp3) is 0.538. The van der Waals surface area contributed by atoms with Gasteiger partial charge in [-0.2, -0.15) is 0 Å². The molecule has 0 saturated carbocycles. The van der Waals surface area contributed by atoms with Crippen molar-refractivity contribution in [3.05, 3.63) is 23.9 Å². The zero-order valence-corrected chi connectivity index (χ0v) is 10.1. The highest BCUT2D eigenvalue weighted by atomic mass is 16.3. The van der Waals surface area contributed by atoms with E-state index in [9.17, 15) is 4.79 Å². The molecule has 0 radical (unpaired) electrons. The van der Waals surface area contributed by atoms with Crippen LogP contribution in [0.15, 0.2) is 18.3 Å². The van der Waals surface area contributed by atoms with Gasteiger partial charge in [0.2, 0.25) is 0 Å². The van der Waals surface area contributed by atoms with Crippen molar-refractivity contribution in [1.82, 2.24) is 4.98 Å². The third-order valence-electron chi connectivity index (χ3n) is 3.35. The van der Waals surface area contributed by atoms with Gasteiger partial charge in [-0.15, -0.1) is 0 Å². The summed E-state index contributed by atoms with van der Waals surface area (Å²) in [5.41, 5.74) is 0.652. The number of hydrogen-bond donors (Lipinski definition) is 1. The van der Waals surface area contributed by atoms with Crippen LogP contribution in [0.25, 0.3) is 0 Å². The van der Waals surface area contributed by atoms with Crippen LogP contribution >= 0.6 is 0 Å². The SMILES string of the molecule is CC(=O)c1ccc(N2CCC(CO)CC2)nc1. The first-order valence-corrected chi connectivity index (χ1v) is 6.03. The van der Waals surface area contributed by atoms with Gasteiger partial charge in [0.1, 0.15) is 5.82 Å². The number of ketones is 1. The number of aliphatic hydroxyl groups excluding tert-OH is 1. The van der Waals surface area contributed by atoms with Gasteiger partial charge in [-0.25, -0.2) is 4.98 Å². The molecule has 1 N–H and O–H groups in total. The minimum atomic E-state index is 0.0445. The number of aromatic nitrogens is 1. The molecule has 0 bridgehead atoms. The van der Waals surface area contributed by atoms with E-state index in [1.54, 1.807) is 13.1 Å². The lowest BCUT2D eigenvalue weighted by Gasteiger charge is -2.31. The first-order chi connectivity index (χ1) is 8.20. The average molecular weight is 234 g/mol. The Balaban J connectivity index is 2.01. The van der Waals surface area contributed by atoms with E-state index in [2.05, 4.69) is 9.88 Å². The Kier molecular flexibility index (Phi) is 3.74. The number of anilines is 1. The van der Waals surface area contributed by atoms with E-state index in [1.165, 1.54) is 0 Å². The average Bonchev–Trinajstić information content (AvgIpc) is 2.39. The Morgan fingerprint density at radius 2 is 2.18 bits per heavy atom. The Bertz CT molecular complexity index is 381. The molecule has 2 rings (SSSR count). The summed E-state index contributed by atoms with van der Waals surface area (Å²) in [4.78, 5) is 17.7. The molecule has 0 amide bonds. The molecule has 0 atom stereocenters. The predicted molar refractivity (Wildman–Crippen MR) is 66.3 cm³/mol. The summed E-state index contributed by atoms with van der Waals surface area (Å²) in [6, 6.07) is 3.72. The van der Waals surface area contributed by atoms with Crippen LogP contribution in [0.1, 0.15) is 30.1 Å². The van der Waals surface area contributed by atoms with Crippen LogP contribution < -0.4 is 4.90 Å². The number of aliphatic hydroxyl groups is 1. The maximum atomic E-state index is 11.1. The summed E-state index contributed by atoms with van der Waals surface area (Å²) >= 11 is 0. The van der Waals surface area contributed by atoms with E-state index in [1.807, 2.05) is 12.1 Å². The van der Waals surface area contributed by atoms with Gasteiger partial charge < -0.3 is 10.0 Å². The third-order valence-corrected chi connectivity index (χ3v) is 3.35. The normalized spacial score (nSPS) is 17.2. The molecular weight excluding hydrogens is 216 g/mol. The van der Waals surface area contributed by atoms with E-state index in [4.69, 9.17) is 5.11 Å². The molecule has 1 aliphatic heterocycles. The molecule has 1 fully saturated rings. The molecule has 0 aliphatic carbocycles. The minimum Gasteiger partial charge on any atom is -0.396 e. The van der Waals surface area contributed by atoms with Crippen molar-refractivity contribution in [3.63, 3.8) is 0 Å². The second kappa shape index (κ2) is 5.27. The molecule has 1 aromatic heterocycles. The van der Waals surface area contributed by atoms with E-state index in [0.717, 1.165) is 31.7 Å². The second-order valence-electron chi connectivity index (χ2n) is 4.57. The number of piperidine rings is 1. The zero-order chi connectivity index (χ0) is 12.3. The van der Waals surface area contributed by atoms with Gasteiger partial charge in [-0.05, 0) is 37.8 Å². The van der Waals surface area contributed by atoms with Gasteiger partial charge in [-0.1, -0.05) is 0 Å². The second-order valence-corrected chi connectivity index (χ2v) is 4.57. The monoisotopic (exact) mass is 234 g/mol. The molecule has 0 aromatic carbocycles. The fourth-order valence-electron chi connectivity index (χ4n) is 2.13. The van der Waals surface area contributed by atoms with Crippen LogP contribution in [-0.2, 0) is 0 Å². The fourth-order valence-corrected chi connectivity index (χ4v) is 2.13. The number of rotatable bonds is 3. The topological polar surface area (TPSA) is 53.4 Å². The van der Waals surface area contributed by atoms with Crippen LogP contribution in [-0.4, -0.2) is 35.6 Å². The quantitative estimate of drug-likeness (QED) is 0.805. The van der Waals surface area contributed by atoms with Crippen molar-refractivity contribution in [2.45, 2.75) is 19.8 Å². The Morgan fingerprint density at radius 1 is 1.47 bits per heavy atom. The summed E-state index contributed by atoms with van der Waals surface area (Å²) in [6.07, 6.45) is 3.65. The van der Waals surface area contributed by atoms with Gasteiger partial charge >= 0.3 is 0 Å². The van der Waals surface area contributed by atoms with E-state index >= 15 is 0 Å². The molecular formula is C13H18N2O2. The molecule has 2 heterocycles. The predicted octanol–water partition coefficient (Wildman–Crippen LogP) is 1.49. The summed E-state index contributed by atoms with van der Waals surface area (Å²) < 4.78 is 0. The van der Waals surface area contributed by atoms with E-state index < -0.39 is 0 Å². The highest BCUT2D eigenvalue weighted by Crippen LogP contribution is 2.21. The number of Topliss-reactive ketones (excluding diaryl/α,β-unsaturated/α-hetero) is 1. The maximum Gasteiger partial charge on any atom is 0.161 e. The van der Waals surface area contributed by atoms with Gasteiger partial charge in [0.05, 0.1) is 0 Å². The first kappa shape index (κ1) is 12.0. The maximum absolute atomic E-state index is 11.1. The van der Waals surface area contributed by atoms with Crippen molar-refractivity contribution < 1.29 is 9.90 Å². The van der Waals surface area contributed by atoms with Crippen LogP contribution in [0.2, 0.25) is 0 Å². The van der Waals surface area contributed by atoms with Gasteiger partial charge in [0.15, 0.2) is 5.78 Å². The van der Waals surface area contributed by atoms with Crippen LogP contribution in [0.4, 0.5) is 5.82 Å². The molecule has 0 spiro atoms. The van der Waals surface area contributed by atoms with Crippen molar-refractivity contribution in [1.29, 1.82) is 0 Å². The Hall–Kier alpha value is -1.42. The lowest BCUT2D eigenvalue weighted by molar-refractivity contribution is 0.101. The molecule has 1 saturated heterocycles.